The van der Waals surface area contributed by atoms with E-state index in [1.54, 1.807) is 0 Å². The van der Waals surface area contributed by atoms with Gasteiger partial charge in [0.15, 0.2) is 0 Å². The molecule has 4 heteroatoms. The van der Waals surface area contributed by atoms with E-state index in [2.05, 4.69) is 56.5 Å². The minimum absolute atomic E-state index is 0.0963. The zero-order valence-corrected chi connectivity index (χ0v) is 15.5. The van der Waals surface area contributed by atoms with Crippen LogP contribution in [0, 0.1) is 27.7 Å². The minimum Gasteiger partial charge on any atom is -0.491 e. The molecular formula is C21H26N2O2. The Morgan fingerprint density at radius 1 is 1.00 bits per heavy atom. The van der Waals surface area contributed by atoms with Crippen LogP contribution in [0.25, 0.3) is 11.0 Å². The number of fused-ring (bicyclic) bond motifs is 1. The highest BCUT2D eigenvalue weighted by Gasteiger charge is 2.12. The second-order valence-corrected chi connectivity index (χ2v) is 6.65. The number of para-hydroxylation sites is 1. The van der Waals surface area contributed by atoms with E-state index in [1.165, 1.54) is 11.1 Å². The first kappa shape index (κ1) is 17.5. The molecule has 0 fully saturated rings. The van der Waals surface area contributed by atoms with Crippen LogP contribution in [0.15, 0.2) is 30.3 Å². The summed E-state index contributed by atoms with van der Waals surface area (Å²) in [7, 11) is 0. The Kier molecular flexibility index (Phi) is 5.09. The number of imidazole rings is 1. The van der Waals surface area contributed by atoms with Crippen LogP contribution in [-0.2, 0) is 13.0 Å². The molecule has 0 amide bonds. The van der Waals surface area contributed by atoms with Crippen molar-refractivity contribution in [2.75, 3.05) is 13.2 Å². The highest BCUT2D eigenvalue weighted by molar-refractivity contribution is 5.78. The molecule has 1 heterocycles. The molecule has 0 saturated carbocycles. The van der Waals surface area contributed by atoms with Crippen LogP contribution in [0.3, 0.4) is 0 Å². The summed E-state index contributed by atoms with van der Waals surface area (Å²) in [5.41, 5.74) is 6.88. The molecule has 0 spiro atoms. The highest BCUT2D eigenvalue weighted by Crippen LogP contribution is 2.24. The lowest BCUT2D eigenvalue weighted by Crippen LogP contribution is -2.13. The number of ether oxygens (including phenoxy) is 1. The maximum absolute atomic E-state index is 9.37. The Morgan fingerprint density at radius 2 is 1.68 bits per heavy atom. The van der Waals surface area contributed by atoms with E-state index in [9.17, 15) is 5.11 Å². The van der Waals surface area contributed by atoms with E-state index in [-0.39, 0.29) is 6.61 Å². The van der Waals surface area contributed by atoms with Crippen LogP contribution in [0.1, 0.15) is 28.1 Å². The molecule has 132 valence electrons. The fourth-order valence-corrected chi connectivity index (χ4v) is 3.24. The number of benzene rings is 2. The predicted octanol–water partition coefficient (Wildman–Crippen LogP) is 3.88. The van der Waals surface area contributed by atoms with Crippen molar-refractivity contribution in [3.8, 4) is 5.75 Å². The van der Waals surface area contributed by atoms with Crippen LogP contribution in [0.2, 0.25) is 0 Å². The molecule has 0 atom stereocenters. The molecule has 25 heavy (non-hydrogen) atoms. The quantitative estimate of drug-likeness (QED) is 0.742. The summed E-state index contributed by atoms with van der Waals surface area (Å²) in [6, 6.07) is 10.5. The van der Waals surface area contributed by atoms with Gasteiger partial charge in [-0.2, -0.15) is 0 Å². The van der Waals surface area contributed by atoms with Gasteiger partial charge in [-0.3, -0.25) is 0 Å². The van der Waals surface area contributed by atoms with Gasteiger partial charge in [-0.05, 0) is 62.1 Å². The number of hydrogen-bond donors (Lipinski definition) is 1. The maximum Gasteiger partial charge on any atom is 0.125 e. The van der Waals surface area contributed by atoms with E-state index in [1.807, 2.05) is 6.07 Å². The third-order valence-corrected chi connectivity index (χ3v) is 4.75. The Balaban J connectivity index is 1.87. The number of aromatic nitrogens is 2. The Bertz CT molecular complexity index is 876. The zero-order chi connectivity index (χ0) is 18.0. The summed E-state index contributed by atoms with van der Waals surface area (Å²) < 4.78 is 8.24. The number of hydrogen-bond acceptors (Lipinski definition) is 3. The lowest BCUT2D eigenvalue weighted by molar-refractivity contribution is 0.282. The van der Waals surface area contributed by atoms with Crippen LogP contribution in [0.4, 0.5) is 0 Å². The van der Waals surface area contributed by atoms with Gasteiger partial charge in [0, 0.05) is 6.42 Å². The monoisotopic (exact) mass is 338 g/mol. The maximum atomic E-state index is 9.37. The second-order valence-electron chi connectivity index (χ2n) is 6.65. The number of aryl methyl sites for hydroxylation is 4. The van der Waals surface area contributed by atoms with Crippen molar-refractivity contribution in [3.63, 3.8) is 0 Å². The molecule has 4 nitrogen and oxygen atoms in total. The molecule has 1 N–H and O–H groups in total. The third-order valence-electron chi connectivity index (χ3n) is 4.75. The molecule has 0 saturated heterocycles. The Morgan fingerprint density at radius 3 is 2.36 bits per heavy atom. The van der Waals surface area contributed by atoms with Crippen molar-refractivity contribution in [1.29, 1.82) is 0 Å². The van der Waals surface area contributed by atoms with E-state index >= 15 is 0 Å². The molecule has 0 bridgehead atoms. The molecular weight excluding hydrogens is 312 g/mol. The summed E-state index contributed by atoms with van der Waals surface area (Å²) in [6.45, 7) is 9.73. The molecule has 0 radical (unpaired) electrons. The van der Waals surface area contributed by atoms with Crippen LogP contribution in [0.5, 0.6) is 5.75 Å². The van der Waals surface area contributed by atoms with E-state index in [0.717, 1.165) is 33.7 Å². The fourth-order valence-electron chi connectivity index (χ4n) is 3.24. The van der Waals surface area contributed by atoms with E-state index in [0.29, 0.717) is 19.6 Å². The largest absolute Gasteiger partial charge is 0.491 e. The molecule has 1 aromatic heterocycles. The molecule has 0 aliphatic heterocycles. The molecule has 2 aromatic carbocycles. The zero-order valence-electron chi connectivity index (χ0n) is 15.5. The standard InChI is InChI=1S/C21H26N2O2/c1-14-6-5-7-15(2)21(14)25-11-9-23-19-13-17(4)16(3)12-18(19)22-20(23)8-10-24/h5-7,12-13,24H,8-11H2,1-4H3. The molecule has 3 aromatic rings. The van der Waals surface area contributed by atoms with Gasteiger partial charge in [-0.1, -0.05) is 18.2 Å². The van der Waals surface area contributed by atoms with Gasteiger partial charge in [0.25, 0.3) is 0 Å². The number of nitrogens with zero attached hydrogens (tertiary/aromatic N) is 2. The van der Waals surface area contributed by atoms with Crippen LogP contribution < -0.4 is 4.74 Å². The second kappa shape index (κ2) is 7.28. The summed E-state index contributed by atoms with van der Waals surface area (Å²) in [6.07, 6.45) is 0.552. The predicted molar refractivity (Wildman–Crippen MR) is 101 cm³/mol. The fraction of sp³-hybridized carbons (Fsp3) is 0.381. The third kappa shape index (κ3) is 3.54. The van der Waals surface area contributed by atoms with Gasteiger partial charge in [-0.15, -0.1) is 0 Å². The molecule has 0 aliphatic carbocycles. The minimum atomic E-state index is 0.0963. The molecule has 3 rings (SSSR count). The lowest BCUT2D eigenvalue weighted by Gasteiger charge is -2.14. The average molecular weight is 338 g/mol. The number of rotatable bonds is 6. The first-order chi connectivity index (χ1) is 12.0. The van der Waals surface area contributed by atoms with Gasteiger partial charge >= 0.3 is 0 Å². The lowest BCUT2D eigenvalue weighted by atomic mass is 10.1. The highest BCUT2D eigenvalue weighted by atomic mass is 16.5. The number of aliphatic hydroxyl groups is 1. The molecule has 0 aliphatic rings. The van der Waals surface area contributed by atoms with Crippen molar-refractivity contribution in [2.45, 2.75) is 40.7 Å². The van der Waals surface area contributed by atoms with Crippen molar-refractivity contribution in [3.05, 3.63) is 58.4 Å². The van der Waals surface area contributed by atoms with Crippen molar-refractivity contribution in [2.24, 2.45) is 0 Å². The number of aliphatic hydroxyl groups excluding tert-OH is 1. The summed E-state index contributed by atoms with van der Waals surface area (Å²) in [5, 5.41) is 9.37. The van der Waals surface area contributed by atoms with Gasteiger partial charge in [0.05, 0.1) is 24.2 Å². The van der Waals surface area contributed by atoms with Gasteiger partial charge < -0.3 is 14.4 Å². The van der Waals surface area contributed by atoms with Gasteiger partial charge in [0.1, 0.15) is 18.2 Å². The summed E-state index contributed by atoms with van der Waals surface area (Å²) in [4.78, 5) is 4.71. The summed E-state index contributed by atoms with van der Waals surface area (Å²) in [5.74, 6) is 1.87. The summed E-state index contributed by atoms with van der Waals surface area (Å²) >= 11 is 0. The van der Waals surface area contributed by atoms with Crippen LogP contribution in [-0.4, -0.2) is 27.9 Å². The first-order valence-electron chi connectivity index (χ1n) is 8.77. The normalized spacial score (nSPS) is 11.2. The van der Waals surface area contributed by atoms with Crippen molar-refractivity contribution in [1.82, 2.24) is 9.55 Å². The van der Waals surface area contributed by atoms with Gasteiger partial charge in [-0.25, -0.2) is 4.98 Å². The van der Waals surface area contributed by atoms with Crippen LogP contribution >= 0.6 is 0 Å². The van der Waals surface area contributed by atoms with Gasteiger partial charge in [0.2, 0.25) is 0 Å². The average Bonchev–Trinajstić information content (AvgIpc) is 2.88. The first-order valence-corrected chi connectivity index (χ1v) is 8.77. The molecule has 0 unspecified atom stereocenters. The van der Waals surface area contributed by atoms with Crippen molar-refractivity contribution >= 4 is 11.0 Å². The van der Waals surface area contributed by atoms with E-state index in [4.69, 9.17) is 9.72 Å². The Hall–Kier alpha value is -2.33. The van der Waals surface area contributed by atoms with Crippen molar-refractivity contribution < 1.29 is 9.84 Å². The smallest absolute Gasteiger partial charge is 0.125 e. The van der Waals surface area contributed by atoms with E-state index < -0.39 is 0 Å². The topological polar surface area (TPSA) is 47.3 Å². The Labute approximate surface area is 149 Å². The SMILES string of the molecule is Cc1cc2nc(CCO)n(CCOc3c(C)cccc3C)c2cc1C.